The summed E-state index contributed by atoms with van der Waals surface area (Å²) < 4.78 is 11.3. The summed E-state index contributed by atoms with van der Waals surface area (Å²) in [6.45, 7) is 8.29. The summed E-state index contributed by atoms with van der Waals surface area (Å²) in [4.78, 5) is 0. The van der Waals surface area contributed by atoms with Gasteiger partial charge in [-0.25, -0.2) is 0 Å². The van der Waals surface area contributed by atoms with Gasteiger partial charge in [0.2, 0.25) is 0 Å². The van der Waals surface area contributed by atoms with Crippen LogP contribution in [-0.2, 0) is 9.47 Å². The zero-order valence-corrected chi connectivity index (χ0v) is 13.0. The smallest absolute Gasteiger partial charge is 0.0576 e. The van der Waals surface area contributed by atoms with Gasteiger partial charge in [0.25, 0.3) is 0 Å². The molecule has 1 rings (SSSR count). The minimum absolute atomic E-state index is 0.545. The summed E-state index contributed by atoms with van der Waals surface area (Å²) in [5.74, 6) is 0. The van der Waals surface area contributed by atoms with Gasteiger partial charge in [-0.1, -0.05) is 13.8 Å². The third kappa shape index (κ3) is 8.61. The fourth-order valence-corrected chi connectivity index (χ4v) is 2.63. The lowest BCUT2D eigenvalue weighted by molar-refractivity contribution is 0.0991. The highest BCUT2D eigenvalue weighted by Gasteiger charge is 2.16. The number of hydrogen-bond donors (Lipinski definition) is 1. The lowest BCUT2D eigenvalue weighted by Gasteiger charge is -2.19. The average molecular weight is 271 g/mol. The molecule has 3 heteroatoms. The maximum Gasteiger partial charge on any atom is 0.0576 e. The highest BCUT2D eigenvalue weighted by molar-refractivity contribution is 4.70. The molecule has 0 spiro atoms. The SMILES string of the molecule is CCCNC(CCCC1CCCO1)CCOCCC. The molecule has 0 aromatic rings. The van der Waals surface area contributed by atoms with Crippen LogP contribution in [0.1, 0.15) is 65.2 Å². The Balaban J connectivity index is 2.08. The third-order valence-electron chi connectivity index (χ3n) is 3.74. The van der Waals surface area contributed by atoms with Gasteiger partial charge in [0.15, 0.2) is 0 Å². The molecule has 0 aromatic heterocycles. The molecule has 114 valence electrons. The molecule has 0 aromatic carbocycles. The fourth-order valence-electron chi connectivity index (χ4n) is 2.63. The topological polar surface area (TPSA) is 30.5 Å². The van der Waals surface area contributed by atoms with Crippen LogP contribution in [0.25, 0.3) is 0 Å². The Labute approximate surface area is 119 Å². The van der Waals surface area contributed by atoms with Gasteiger partial charge in [-0.15, -0.1) is 0 Å². The second kappa shape index (κ2) is 11.7. The number of rotatable bonds is 12. The molecular formula is C16H33NO2. The molecule has 1 heterocycles. The van der Waals surface area contributed by atoms with Crippen molar-refractivity contribution in [2.24, 2.45) is 0 Å². The van der Waals surface area contributed by atoms with Crippen LogP contribution in [0.2, 0.25) is 0 Å². The van der Waals surface area contributed by atoms with Crippen molar-refractivity contribution in [2.45, 2.75) is 77.4 Å². The molecular weight excluding hydrogens is 238 g/mol. The molecule has 3 nitrogen and oxygen atoms in total. The molecule has 0 aliphatic carbocycles. The Hall–Kier alpha value is -0.120. The largest absolute Gasteiger partial charge is 0.381 e. The summed E-state index contributed by atoms with van der Waals surface area (Å²) in [6, 6.07) is 0.623. The van der Waals surface area contributed by atoms with Crippen LogP contribution in [-0.4, -0.2) is 38.5 Å². The minimum Gasteiger partial charge on any atom is -0.381 e. The normalized spacial score (nSPS) is 20.8. The van der Waals surface area contributed by atoms with Gasteiger partial charge in [0.1, 0.15) is 0 Å². The molecule has 0 radical (unpaired) electrons. The molecule has 1 aliphatic rings. The van der Waals surface area contributed by atoms with E-state index in [-0.39, 0.29) is 0 Å². The first-order valence-corrected chi connectivity index (χ1v) is 8.29. The van der Waals surface area contributed by atoms with E-state index >= 15 is 0 Å². The summed E-state index contributed by atoms with van der Waals surface area (Å²) in [6.07, 6.45) is 10.3. The molecule has 1 N–H and O–H groups in total. The van der Waals surface area contributed by atoms with Crippen molar-refractivity contribution in [1.29, 1.82) is 0 Å². The first-order valence-electron chi connectivity index (χ1n) is 8.29. The Bertz CT molecular complexity index is 193. The molecule has 1 fully saturated rings. The molecule has 2 unspecified atom stereocenters. The molecule has 0 saturated carbocycles. The van der Waals surface area contributed by atoms with Crippen molar-refractivity contribution >= 4 is 0 Å². The quantitative estimate of drug-likeness (QED) is 0.551. The van der Waals surface area contributed by atoms with Crippen LogP contribution in [0.15, 0.2) is 0 Å². The van der Waals surface area contributed by atoms with Gasteiger partial charge in [0, 0.05) is 25.9 Å². The van der Waals surface area contributed by atoms with Gasteiger partial charge in [0.05, 0.1) is 6.10 Å². The van der Waals surface area contributed by atoms with E-state index in [9.17, 15) is 0 Å². The molecule has 0 amide bonds. The predicted octanol–water partition coefficient (Wildman–Crippen LogP) is 3.52. The van der Waals surface area contributed by atoms with Crippen molar-refractivity contribution in [2.75, 3.05) is 26.4 Å². The Morgan fingerprint density at radius 3 is 2.79 bits per heavy atom. The monoisotopic (exact) mass is 271 g/mol. The maximum atomic E-state index is 5.68. The summed E-state index contributed by atoms with van der Waals surface area (Å²) in [5.41, 5.74) is 0. The van der Waals surface area contributed by atoms with E-state index in [1.54, 1.807) is 0 Å². The number of nitrogens with one attached hydrogen (secondary N) is 1. The standard InChI is InChI=1S/C16H33NO2/c1-3-11-17-15(10-14-18-12-4-2)7-5-8-16-9-6-13-19-16/h15-17H,3-14H2,1-2H3. The van der Waals surface area contributed by atoms with E-state index in [2.05, 4.69) is 19.2 Å². The van der Waals surface area contributed by atoms with E-state index < -0.39 is 0 Å². The van der Waals surface area contributed by atoms with Gasteiger partial charge in [-0.2, -0.15) is 0 Å². The van der Waals surface area contributed by atoms with Crippen molar-refractivity contribution in [3.05, 3.63) is 0 Å². The van der Waals surface area contributed by atoms with Gasteiger partial charge in [-0.05, 0) is 57.9 Å². The van der Waals surface area contributed by atoms with Gasteiger partial charge >= 0.3 is 0 Å². The average Bonchev–Trinajstić information content (AvgIpc) is 2.93. The lowest BCUT2D eigenvalue weighted by Crippen LogP contribution is -2.31. The minimum atomic E-state index is 0.545. The zero-order valence-electron chi connectivity index (χ0n) is 13.0. The van der Waals surface area contributed by atoms with Crippen LogP contribution < -0.4 is 5.32 Å². The first-order chi connectivity index (χ1) is 9.36. The highest BCUT2D eigenvalue weighted by Crippen LogP contribution is 2.18. The van der Waals surface area contributed by atoms with Gasteiger partial charge in [-0.3, -0.25) is 0 Å². The third-order valence-corrected chi connectivity index (χ3v) is 3.74. The van der Waals surface area contributed by atoms with Crippen LogP contribution in [0, 0.1) is 0 Å². The zero-order chi connectivity index (χ0) is 13.8. The van der Waals surface area contributed by atoms with E-state index in [1.807, 2.05) is 0 Å². The van der Waals surface area contributed by atoms with E-state index in [1.165, 1.54) is 38.5 Å². The van der Waals surface area contributed by atoms with E-state index in [0.717, 1.165) is 39.2 Å². The summed E-state index contributed by atoms with van der Waals surface area (Å²) in [7, 11) is 0. The van der Waals surface area contributed by atoms with E-state index in [0.29, 0.717) is 12.1 Å². The van der Waals surface area contributed by atoms with Crippen molar-refractivity contribution in [1.82, 2.24) is 5.32 Å². The molecule has 1 aliphatic heterocycles. The van der Waals surface area contributed by atoms with Crippen LogP contribution in [0.4, 0.5) is 0 Å². The summed E-state index contributed by atoms with van der Waals surface area (Å²) >= 11 is 0. The highest BCUT2D eigenvalue weighted by atomic mass is 16.5. The number of hydrogen-bond acceptors (Lipinski definition) is 3. The van der Waals surface area contributed by atoms with Crippen LogP contribution in [0.5, 0.6) is 0 Å². The molecule has 0 bridgehead atoms. The Morgan fingerprint density at radius 1 is 1.21 bits per heavy atom. The predicted molar refractivity (Wildman–Crippen MR) is 80.6 cm³/mol. The number of ether oxygens (including phenoxy) is 2. The maximum absolute atomic E-state index is 5.68. The molecule has 1 saturated heterocycles. The van der Waals surface area contributed by atoms with Crippen LogP contribution >= 0.6 is 0 Å². The first kappa shape index (κ1) is 16.9. The van der Waals surface area contributed by atoms with Crippen molar-refractivity contribution < 1.29 is 9.47 Å². The van der Waals surface area contributed by atoms with Crippen LogP contribution in [0.3, 0.4) is 0 Å². The fraction of sp³-hybridized carbons (Fsp3) is 1.00. The Morgan fingerprint density at radius 2 is 2.11 bits per heavy atom. The summed E-state index contributed by atoms with van der Waals surface area (Å²) in [5, 5.41) is 3.65. The Kier molecular flexibility index (Phi) is 10.4. The second-order valence-electron chi connectivity index (χ2n) is 5.62. The van der Waals surface area contributed by atoms with Crippen molar-refractivity contribution in [3.63, 3.8) is 0 Å². The van der Waals surface area contributed by atoms with Crippen molar-refractivity contribution in [3.8, 4) is 0 Å². The lowest BCUT2D eigenvalue weighted by atomic mass is 10.0. The molecule has 19 heavy (non-hydrogen) atoms. The second-order valence-corrected chi connectivity index (χ2v) is 5.62. The van der Waals surface area contributed by atoms with Gasteiger partial charge < -0.3 is 14.8 Å². The molecule has 2 atom stereocenters. The van der Waals surface area contributed by atoms with E-state index in [4.69, 9.17) is 9.47 Å².